The number of fused-ring (bicyclic) bond motifs is 3. The summed E-state index contributed by atoms with van der Waals surface area (Å²) in [5.41, 5.74) is 2.92. The van der Waals surface area contributed by atoms with Crippen LogP contribution in [0.4, 0.5) is 0 Å². The summed E-state index contributed by atoms with van der Waals surface area (Å²) in [4.78, 5) is 15.7. The van der Waals surface area contributed by atoms with E-state index >= 15 is 0 Å². The van der Waals surface area contributed by atoms with Crippen LogP contribution in [0.1, 0.15) is 48.2 Å². The molecule has 2 aromatic carbocycles. The summed E-state index contributed by atoms with van der Waals surface area (Å²) in [6.07, 6.45) is 5.80. The number of rotatable bonds is 4. The molecule has 2 bridgehead atoms. The first-order valence-corrected chi connectivity index (χ1v) is 10.7. The molecule has 3 atom stereocenters. The number of piperidine rings is 2. The Morgan fingerprint density at radius 1 is 1.03 bits per heavy atom. The van der Waals surface area contributed by atoms with Crippen molar-refractivity contribution in [3.8, 4) is 0 Å². The molecule has 150 valence electrons. The number of carbonyl (C=O) groups excluding carboxylic acids is 1. The summed E-state index contributed by atoms with van der Waals surface area (Å²) in [5, 5.41) is 8.73. The lowest BCUT2D eigenvalue weighted by atomic mass is 9.81. The number of nitrogens with one attached hydrogen (secondary N) is 1. The Bertz CT molecular complexity index is 998. The van der Waals surface area contributed by atoms with Gasteiger partial charge in [-0.2, -0.15) is 5.10 Å². The molecule has 2 aliphatic rings. The summed E-state index contributed by atoms with van der Waals surface area (Å²) < 4.78 is 1.79. The zero-order valence-corrected chi connectivity index (χ0v) is 16.9. The molecule has 0 saturated carbocycles. The van der Waals surface area contributed by atoms with Crippen LogP contribution in [0, 0.1) is 0 Å². The van der Waals surface area contributed by atoms with E-state index in [1.54, 1.807) is 4.68 Å². The van der Waals surface area contributed by atoms with Crippen LogP contribution in [-0.4, -0.2) is 38.7 Å². The normalized spacial score (nSPS) is 24.5. The van der Waals surface area contributed by atoms with Gasteiger partial charge in [-0.05, 0) is 37.3 Å². The number of para-hydroxylation sites is 1. The smallest absolute Gasteiger partial charge is 0.272 e. The highest BCUT2D eigenvalue weighted by Crippen LogP contribution is 2.35. The van der Waals surface area contributed by atoms with Gasteiger partial charge in [-0.15, -0.1) is 0 Å². The minimum atomic E-state index is -0.0404. The highest BCUT2D eigenvalue weighted by Gasteiger charge is 2.38. The van der Waals surface area contributed by atoms with Gasteiger partial charge in [0.1, 0.15) is 0 Å². The lowest BCUT2D eigenvalue weighted by Gasteiger charge is -2.49. The molecular weight excluding hydrogens is 360 g/mol. The maximum atomic E-state index is 13.0. The molecule has 0 radical (unpaired) electrons. The number of hydrogen-bond acceptors (Lipinski definition) is 3. The average molecular weight is 389 g/mol. The molecule has 1 amide bonds. The predicted molar refractivity (Wildman–Crippen MR) is 115 cm³/mol. The number of benzene rings is 2. The largest absolute Gasteiger partial charge is 0.348 e. The summed E-state index contributed by atoms with van der Waals surface area (Å²) in [6.45, 7) is 1.02. The van der Waals surface area contributed by atoms with E-state index in [1.165, 1.54) is 24.8 Å². The minimum Gasteiger partial charge on any atom is -0.348 e. The topological polar surface area (TPSA) is 50.2 Å². The van der Waals surface area contributed by atoms with Gasteiger partial charge in [0.25, 0.3) is 5.91 Å². The van der Waals surface area contributed by atoms with Crippen molar-refractivity contribution < 1.29 is 4.79 Å². The second-order valence-electron chi connectivity index (χ2n) is 8.53. The summed E-state index contributed by atoms with van der Waals surface area (Å²) in [7, 11) is 1.89. The molecule has 5 nitrogen and oxygen atoms in total. The highest BCUT2D eigenvalue weighted by molar-refractivity contribution is 6.04. The van der Waals surface area contributed by atoms with Crippen LogP contribution < -0.4 is 5.32 Å². The number of aromatic nitrogens is 2. The van der Waals surface area contributed by atoms with Crippen molar-refractivity contribution in [1.29, 1.82) is 0 Å². The maximum Gasteiger partial charge on any atom is 0.272 e. The molecule has 5 rings (SSSR count). The van der Waals surface area contributed by atoms with Crippen LogP contribution in [-0.2, 0) is 13.6 Å². The number of amides is 1. The zero-order chi connectivity index (χ0) is 19.8. The lowest BCUT2D eigenvalue weighted by Crippen LogP contribution is -2.56. The summed E-state index contributed by atoms with van der Waals surface area (Å²) in [6, 6.07) is 20.0. The molecule has 2 fully saturated rings. The third-order valence-electron chi connectivity index (χ3n) is 6.64. The number of aryl methyl sites for hydroxylation is 1. The second kappa shape index (κ2) is 7.64. The number of hydrogen-bond donors (Lipinski definition) is 1. The van der Waals surface area contributed by atoms with E-state index < -0.39 is 0 Å². The Hall–Kier alpha value is -2.66. The van der Waals surface area contributed by atoms with E-state index in [1.807, 2.05) is 31.3 Å². The summed E-state index contributed by atoms with van der Waals surface area (Å²) >= 11 is 0. The van der Waals surface area contributed by atoms with Crippen molar-refractivity contribution in [3.63, 3.8) is 0 Å². The third kappa shape index (κ3) is 3.55. The predicted octanol–water partition coefficient (Wildman–Crippen LogP) is 3.89. The van der Waals surface area contributed by atoms with Gasteiger partial charge in [-0.3, -0.25) is 14.4 Å². The van der Waals surface area contributed by atoms with Gasteiger partial charge < -0.3 is 5.32 Å². The van der Waals surface area contributed by atoms with Crippen LogP contribution >= 0.6 is 0 Å². The summed E-state index contributed by atoms with van der Waals surface area (Å²) in [5.74, 6) is -0.0404. The first-order valence-electron chi connectivity index (χ1n) is 10.7. The first kappa shape index (κ1) is 18.4. The highest BCUT2D eigenvalue weighted by atomic mass is 16.2. The Balaban J connectivity index is 1.30. The Morgan fingerprint density at radius 2 is 1.72 bits per heavy atom. The molecule has 3 aromatic rings. The van der Waals surface area contributed by atoms with Crippen LogP contribution in [0.3, 0.4) is 0 Å². The molecule has 2 saturated heterocycles. The Morgan fingerprint density at radius 3 is 2.48 bits per heavy atom. The van der Waals surface area contributed by atoms with Crippen LogP contribution in [0.5, 0.6) is 0 Å². The van der Waals surface area contributed by atoms with E-state index in [0.717, 1.165) is 30.3 Å². The Labute approximate surface area is 171 Å². The van der Waals surface area contributed by atoms with E-state index in [4.69, 9.17) is 0 Å². The SMILES string of the molecule is Cn1nc(C(=O)NC2C[C@H]3CCC[C@@H](C2)N3Cc2ccccc2)c2ccccc21. The zero-order valence-electron chi connectivity index (χ0n) is 16.9. The molecule has 29 heavy (non-hydrogen) atoms. The standard InChI is InChI=1S/C24H28N4O/c1-27-22-13-6-5-12-21(22)23(26-27)24(29)25-18-14-19-10-7-11-20(15-18)28(19)16-17-8-3-2-4-9-17/h2-6,8-9,12-13,18-20H,7,10-11,14-16H2,1H3,(H,25,29)/t18?,19-,20+. The lowest BCUT2D eigenvalue weighted by molar-refractivity contribution is 0.0176. The van der Waals surface area contributed by atoms with Gasteiger partial charge in [0, 0.05) is 37.1 Å². The fraction of sp³-hybridized carbons (Fsp3) is 0.417. The van der Waals surface area contributed by atoms with E-state index in [-0.39, 0.29) is 11.9 Å². The molecule has 3 heterocycles. The number of nitrogens with zero attached hydrogens (tertiary/aromatic N) is 3. The first-order chi connectivity index (χ1) is 14.2. The van der Waals surface area contributed by atoms with Crippen LogP contribution in [0.15, 0.2) is 54.6 Å². The average Bonchev–Trinajstić information content (AvgIpc) is 3.06. The molecule has 1 unspecified atom stereocenters. The number of carbonyl (C=O) groups is 1. The molecule has 1 aromatic heterocycles. The molecular formula is C24H28N4O. The van der Waals surface area contributed by atoms with Gasteiger partial charge in [-0.1, -0.05) is 55.0 Å². The molecule has 5 heteroatoms. The van der Waals surface area contributed by atoms with Crippen molar-refractivity contribution in [2.75, 3.05) is 0 Å². The fourth-order valence-electron chi connectivity index (χ4n) is 5.28. The Kier molecular flexibility index (Phi) is 4.84. The minimum absolute atomic E-state index is 0.0404. The van der Waals surface area contributed by atoms with Gasteiger partial charge in [0.15, 0.2) is 5.69 Å². The van der Waals surface area contributed by atoms with E-state index in [2.05, 4.69) is 45.6 Å². The molecule has 0 aliphatic carbocycles. The van der Waals surface area contributed by atoms with Gasteiger partial charge in [0.2, 0.25) is 0 Å². The third-order valence-corrected chi connectivity index (χ3v) is 6.64. The quantitative estimate of drug-likeness (QED) is 0.738. The molecule has 2 aliphatic heterocycles. The van der Waals surface area contributed by atoms with Crippen molar-refractivity contribution in [2.45, 2.75) is 56.8 Å². The van der Waals surface area contributed by atoms with Crippen molar-refractivity contribution >= 4 is 16.8 Å². The molecule has 0 spiro atoms. The second-order valence-corrected chi connectivity index (χ2v) is 8.53. The van der Waals surface area contributed by atoms with Crippen molar-refractivity contribution in [1.82, 2.24) is 20.0 Å². The van der Waals surface area contributed by atoms with Gasteiger partial charge in [0.05, 0.1) is 5.52 Å². The van der Waals surface area contributed by atoms with E-state index in [9.17, 15) is 4.79 Å². The molecule has 1 N–H and O–H groups in total. The van der Waals surface area contributed by atoms with Crippen LogP contribution in [0.2, 0.25) is 0 Å². The van der Waals surface area contributed by atoms with E-state index in [0.29, 0.717) is 17.8 Å². The monoisotopic (exact) mass is 388 g/mol. The fourth-order valence-corrected chi connectivity index (χ4v) is 5.28. The van der Waals surface area contributed by atoms with Crippen LogP contribution in [0.25, 0.3) is 10.9 Å². The van der Waals surface area contributed by atoms with Crippen molar-refractivity contribution in [3.05, 3.63) is 65.9 Å². The maximum absolute atomic E-state index is 13.0. The van der Waals surface area contributed by atoms with Crippen molar-refractivity contribution in [2.24, 2.45) is 7.05 Å². The van der Waals surface area contributed by atoms with Gasteiger partial charge >= 0.3 is 0 Å². The van der Waals surface area contributed by atoms with Gasteiger partial charge in [-0.25, -0.2) is 0 Å².